The Morgan fingerprint density at radius 3 is 2.29 bits per heavy atom. The van der Waals surface area contributed by atoms with E-state index in [0.29, 0.717) is 23.2 Å². The molecule has 0 fully saturated rings. The van der Waals surface area contributed by atoms with E-state index in [2.05, 4.69) is 5.32 Å². The zero-order valence-corrected chi connectivity index (χ0v) is 12.4. The van der Waals surface area contributed by atoms with E-state index in [0.717, 1.165) is 11.6 Å². The maximum atomic E-state index is 13.8. The lowest BCUT2D eigenvalue weighted by Gasteiger charge is -2.16. The zero-order valence-electron chi connectivity index (χ0n) is 12.4. The predicted octanol–water partition coefficient (Wildman–Crippen LogP) is 4.14. The summed E-state index contributed by atoms with van der Waals surface area (Å²) in [5.41, 5.74) is 2.66. The molecule has 0 aliphatic heterocycles. The van der Waals surface area contributed by atoms with Crippen LogP contribution in [0.4, 0.5) is 8.78 Å². The number of hydrogen-bond acceptors (Lipinski definition) is 2. The van der Waals surface area contributed by atoms with Crippen molar-refractivity contribution in [2.24, 2.45) is 0 Å². The molecule has 2 rings (SSSR count). The van der Waals surface area contributed by atoms with Crippen molar-refractivity contribution >= 4 is 0 Å². The minimum atomic E-state index is -0.443. The average Bonchev–Trinajstić information content (AvgIpc) is 2.42. The molecule has 0 aliphatic carbocycles. The molecule has 4 heteroatoms. The van der Waals surface area contributed by atoms with Crippen molar-refractivity contribution in [1.29, 1.82) is 0 Å². The van der Waals surface area contributed by atoms with Crippen molar-refractivity contribution in [3.8, 4) is 5.75 Å². The number of hydrogen-bond donors (Lipinski definition) is 2. The fourth-order valence-corrected chi connectivity index (χ4v) is 2.39. The topological polar surface area (TPSA) is 32.3 Å². The van der Waals surface area contributed by atoms with Gasteiger partial charge in [-0.05, 0) is 43.5 Å². The van der Waals surface area contributed by atoms with Crippen LogP contribution in [-0.4, -0.2) is 5.11 Å². The smallest absolute Gasteiger partial charge is 0.131 e. The number of benzene rings is 2. The van der Waals surface area contributed by atoms with Gasteiger partial charge in [-0.1, -0.05) is 18.2 Å². The van der Waals surface area contributed by atoms with E-state index in [-0.39, 0.29) is 17.6 Å². The summed E-state index contributed by atoms with van der Waals surface area (Å²) in [7, 11) is 0. The van der Waals surface area contributed by atoms with Gasteiger partial charge in [-0.15, -0.1) is 0 Å². The Kier molecular flexibility index (Phi) is 4.58. The summed E-state index contributed by atoms with van der Waals surface area (Å²) in [6.45, 7) is 5.83. The third-order valence-electron chi connectivity index (χ3n) is 3.56. The largest absolute Gasteiger partial charge is 0.508 e. The molecule has 0 aromatic heterocycles. The van der Waals surface area contributed by atoms with Gasteiger partial charge < -0.3 is 10.4 Å². The SMILES string of the molecule is Cc1cc(CNC(C)c2ccc(O)cc2F)cc(C)c1F. The van der Waals surface area contributed by atoms with Crippen LogP contribution in [0.15, 0.2) is 30.3 Å². The number of nitrogens with one attached hydrogen (secondary N) is 1. The van der Waals surface area contributed by atoms with Crippen LogP contribution in [0.1, 0.15) is 35.2 Å². The van der Waals surface area contributed by atoms with Crippen LogP contribution < -0.4 is 5.32 Å². The maximum absolute atomic E-state index is 13.8. The lowest BCUT2D eigenvalue weighted by molar-refractivity contribution is 0.463. The Bertz CT molecular complexity index is 632. The van der Waals surface area contributed by atoms with E-state index in [1.807, 2.05) is 6.92 Å². The van der Waals surface area contributed by atoms with Gasteiger partial charge >= 0.3 is 0 Å². The highest BCUT2D eigenvalue weighted by Crippen LogP contribution is 2.22. The molecule has 0 saturated carbocycles. The van der Waals surface area contributed by atoms with Crippen molar-refractivity contribution in [2.75, 3.05) is 0 Å². The Hall–Kier alpha value is -1.94. The first-order valence-corrected chi connectivity index (χ1v) is 6.86. The van der Waals surface area contributed by atoms with E-state index in [4.69, 9.17) is 0 Å². The summed E-state index contributed by atoms with van der Waals surface area (Å²) < 4.78 is 27.3. The monoisotopic (exact) mass is 291 g/mol. The molecule has 0 aliphatic rings. The van der Waals surface area contributed by atoms with Crippen LogP contribution in [-0.2, 0) is 6.54 Å². The van der Waals surface area contributed by atoms with Gasteiger partial charge in [0.25, 0.3) is 0 Å². The van der Waals surface area contributed by atoms with Crippen LogP contribution in [0.2, 0.25) is 0 Å². The van der Waals surface area contributed by atoms with Crippen LogP contribution in [0, 0.1) is 25.5 Å². The van der Waals surface area contributed by atoms with E-state index < -0.39 is 5.82 Å². The van der Waals surface area contributed by atoms with Gasteiger partial charge in [0, 0.05) is 24.2 Å². The van der Waals surface area contributed by atoms with Gasteiger partial charge in [-0.3, -0.25) is 0 Å². The summed E-state index contributed by atoms with van der Waals surface area (Å²) >= 11 is 0. The number of halogens is 2. The number of aromatic hydroxyl groups is 1. The number of phenolic OH excluding ortho intramolecular Hbond substituents is 1. The minimum Gasteiger partial charge on any atom is -0.508 e. The van der Waals surface area contributed by atoms with Gasteiger partial charge in [0.05, 0.1) is 0 Å². The number of aryl methyl sites for hydroxylation is 2. The van der Waals surface area contributed by atoms with Gasteiger partial charge in [0.2, 0.25) is 0 Å². The van der Waals surface area contributed by atoms with Gasteiger partial charge in [-0.25, -0.2) is 8.78 Å². The molecule has 0 amide bonds. The molecule has 0 radical (unpaired) electrons. The highest BCUT2D eigenvalue weighted by Gasteiger charge is 2.12. The molecule has 21 heavy (non-hydrogen) atoms. The third kappa shape index (κ3) is 3.58. The number of rotatable bonds is 4. The molecule has 2 aromatic carbocycles. The molecule has 2 aromatic rings. The van der Waals surface area contributed by atoms with Crippen LogP contribution >= 0.6 is 0 Å². The lowest BCUT2D eigenvalue weighted by Crippen LogP contribution is -2.19. The summed E-state index contributed by atoms with van der Waals surface area (Å²) in [5, 5.41) is 12.4. The summed E-state index contributed by atoms with van der Waals surface area (Å²) in [4.78, 5) is 0. The highest BCUT2D eigenvalue weighted by atomic mass is 19.1. The predicted molar refractivity (Wildman–Crippen MR) is 79.2 cm³/mol. The van der Waals surface area contributed by atoms with E-state index >= 15 is 0 Å². The summed E-state index contributed by atoms with van der Waals surface area (Å²) in [5.74, 6) is -0.717. The van der Waals surface area contributed by atoms with Crippen LogP contribution in [0.3, 0.4) is 0 Å². The Balaban J connectivity index is 2.09. The highest BCUT2D eigenvalue weighted by molar-refractivity contribution is 5.31. The van der Waals surface area contributed by atoms with Gasteiger partial charge in [0.1, 0.15) is 17.4 Å². The first-order chi connectivity index (χ1) is 9.88. The summed E-state index contributed by atoms with van der Waals surface area (Å²) in [6, 6.07) is 7.48. The molecule has 1 atom stereocenters. The second-order valence-corrected chi connectivity index (χ2v) is 5.35. The first kappa shape index (κ1) is 15.4. The van der Waals surface area contributed by atoms with E-state index in [9.17, 15) is 13.9 Å². The fraction of sp³-hybridized carbons (Fsp3) is 0.294. The Labute approximate surface area is 123 Å². The normalized spacial score (nSPS) is 12.4. The maximum Gasteiger partial charge on any atom is 0.131 e. The first-order valence-electron chi connectivity index (χ1n) is 6.86. The second kappa shape index (κ2) is 6.22. The molecule has 0 spiro atoms. The molecule has 0 heterocycles. The van der Waals surface area contributed by atoms with E-state index in [1.165, 1.54) is 6.07 Å². The molecule has 2 nitrogen and oxygen atoms in total. The van der Waals surface area contributed by atoms with Crippen LogP contribution in [0.5, 0.6) is 5.75 Å². The molecule has 0 bridgehead atoms. The molecule has 1 unspecified atom stereocenters. The number of phenols is 1. The van der Waals surface area contributed by atoms with E-state index in [1.54, 1.807) is 32.0 Å². The molecular formula is C17H19F2NO. The van der Waals surface area contributed by atoms with Crippen LogP contribution in [0.25, 0.3) is 0 Å². The van der Waals surface area contributed by atoms with Crippen molar-refractivity contribution in [3.05, 3.63) is 64.2 Å². The zero-order chi connectivity index (χ0) is 15.6. The average molecular weight is 291 g/mol. The second-order valence-electron chi connectivity index (χ2n) is 5.35. The standard InChI is InChI=1S/C17H19F2NO/c1-10-6-13(7-11(2)17(10)19)9-20-12(3)15-5-4-14(21)8-16(15)18/h4-8,12,20-21H,9H2,1-3H3. The fourth-order valence-electron chi connectivity index (χ4n) is 2.39. The van der Waals surface area contributed by atoms with Gasteiger partial charge in [-0.2, -0.15) is 0 Å². The molecule has 0 saturated heterocycles. The molecule has 112 valence electrons. The van der Waals surface area contributed by atoms with Gasteiger partial charge in [0.15, 0.2) is 0 Å². The quantitative estimate of drug-likeness (QED) is 0.887. The Morgan fingerprint density at radius 1 is 1.10 bits per heavy atom. The van der Waals surface area contributed by atoms with Crippen molar-refractivity contribution in [2.45, 2.75) is 33.4 Å². The summed E-state index contributed by atoms with van der Waals surface area (Å²) in [6.07, 6.45) is 0. The van der Waals surface area contributed by atoms with Crippen molar-refractivity contribution in [1.82, 2.24) is 5.32 Å². The lowest BCUT2D eigenvalue weighted by atomic mass is 10.0. The molecular weight excluding hydrogens is 272 g/mol. The third-order valence-corrected chi connectivity index (χ3v) is 3.56. The van der Waals surface area contributed by atoms with Crippen molar-refractivity contribution < 1.29 is 13.9 Å². The molecule has 2 N–H and O–H groups in total. The minimum absolute atomic E-state index is 0.0896. The Morgan fingerprint density at radius 2 is 1.71 bits per heavy atom. The van der Waals surface area contributed by atoms with Crippen molar-refractivity contribution in [3.63, 3.8) is 0 Å².